The zero-order valence-electron chi connectivity index (χ0n) is 16.9. The van der Waals surface area contributed by atoms with E-state index in [-0.39, 0.29) is 30.5 Å². The Bertz CT molecular complexity index is 905. The number of fused-ring (bicyclic) bond motifs is 3. The number of rotatable bonds is 6. The van der Waals surface area contributed by atoms with E-state index in [2.05, 4.69) is 4.98 Å². The molecule has 0 spiro atoms. The molecule has 2 aromatic rings. The molecule has 3 rings (SSSR count). The molecule has 1 atom stereocenters. The second-order valence-electron chi connectivity index (χ2n) is 7.41. The van der Waals surface area contributed by atoms with Crippen LogP contribution in [0.3, 0.4) is 0 Å². The van der Waals surface area contributed by atoms with E-state index in [1.807, 2.05) is 6.92 Å². The lowest BCUT2D eigenvalue weighted by Gasteiger charge is -2.35. The number of aromatic amines is 1. The summed E-state index contributed by atoms with van der Waals surface area (Å²) in [6, 6.07) is 3.22. The van der Waals surface area contributed by atoms with Crippen molar-refractivity contribution in [3.05, 3.63) is 34.8 Å². The minimum Gasteiger partial charge on any atom is -0.469 e. The second kappa shape index (κ2) is 7.91. The summed E-state index contributed by atoms with van der Waals surface area (Å²) < 4.78 is 25.5. The lowest BCUT2D eigenvalue weighted by atomic mass is 9.86. The van der Waals surface area contributed by atoms with E-state index in [4.69, 9.17) is 9.47 Å². The summed E-state index contributed by atoms with van der Waals surface area (Å²) in [4.78, 5) is 28.9. The maximum atomic E-state index is 14.6. The summed E-state index contributed by atoms with van der Waals surface area (Å²) in [6.07, 6.45) is 1.89. The number of H-pyrrole nitrogens is 1. The molecule has 1 aliphatic heterocycles. The normalized spacial score (nSPS) is 18.8. The Morgan fingerprint density at radius 1 is 1.36 bits per heavy atom. The van der Waals surface area contributed by atoms with Crippen molar-refractivity contribution in [3.8, 4) is 0 Å². The predicted octanol–water partition coefficient (Wildman–Crippen LogP) is 3.07. The molecule has 1 aliphatic rings. The van der Waals surface area contributed by atoms with E-state index < -0.39 is 5.60 Å². The van der Waals surface area contributed by atoms with Crippen molar-refractivity contribution in [2.75, 3.05) is 27.8 Å². The first-order valence-corrected chi connectivity index (χ1v) is 9.56. The SMILES string of the molecule is CCC1(CC(=O)OC)OCCc2c1[nH]c1c(CCC(=O)N(C)C)c(F)ccc21. The van der Waals surface area contributed by atoms with Crippen LogP contribution in [0.5, 0.6) is 0 Å². The molecule has 2 heterocycles. The third-order valence-electron chi connectivity index (χ3n) is 5.64. The molecule has 0 radical (unpaired) electrons. The molecule has 1 aromatic heterocycles. The fraction of sp³-hybridized carbons (Fsp3) is 0.524. The number of halogens is 1. The van der Waals surface area contributed by atoms with Gasteiger partial charge >= 0.3 is 5.97 Å². The molecule has 6 nitrogen and oxygen atoms in total. The Kier molecular flexibility index (Phi) is 5.74. The molecular weight excluding hydrogens is 363 g/mol. The molecule has 28 heavy (non-hydrogen) atoms. The average Bonchev–Trinajstić information content (AvgIpc) is 3.06. The first kappa shape index (κ1) is 20.3. The number of benzene rings is 1. The van der Waals surface area contributed by atoms with Crippen LogP contribution in [-0.2, 0) is 37.5 Å². The second-order valence-corrected chi connectivity index (χ2v) is 7.41. The van der Waals surface area contributed by atoms with Crippen LogP contribution in [0.4, 0.5) is 4.39 Å². The van der Waals surface area contributed by atoms with Gasteiger partial charge in [-0.05, 0) is 37.0 Å². The van der Waals surface area contributed by atoms with E-state index in [9.17, 15) is 14.0 Å². The van der Waals surface area contributed by atoms with Gasteiger partial charge in [-0.25, -0.2) is 4.39 Å². The molecule has 0 aliphatic carbocycles. The first-order valence-electron chi connectivity index (χ1n) is 9.56. The highest BCUT2D eigenvalue weighted by Crippen LogP contribution is 2.42. The molecular formula is C21H27FN2O4. The number of nitrogens with one attached hydrogen (secondary N) is 1. The molecule has 0 saturated carbocycles. The third-order valence-corrected chi connectivity index (χ3v) is 5.64. The van der Waals surface area contributed by atoms with Crippen LogP contribution in [0.25, 0.3) is 10.9 Å². The van der Waals surface area contributed by atoms with Crippen molar-refractivity contribution in [3.63, 3.8) is 0 Å². The summed E-state index contributed by atoms with van der Waals surface area (Å²) in [5.74, 6) is -0.741. The summed E-state index contributed by atoms with van der Waals surface area (Å²) >= 11 is 0. The highest BCUT2D eigenvalue weighted by atomic mass is 19.1. The number of ether oxygens (including phenoxy) is 2. The highest BCUT2D eigenvalue weighted by Gasteiger charge is 2.41. The molecule has 7 heteroatoms. The van der Waals surface area contributed by atoms with Gasteiger partial charge in [0.2, 0.25) is 5.91 Å². The molecule has 0 saturated heterocycles. The lowest BCUT2D eigenvalue weighted by Crippen LogP contribution is -2.37. The van der Waals surface area contributed by atoms with Gasteiger partial charge in [-0.2, -0.15) is 0 Å². The van der Waals surface area contributed by atoms with Crippen molar-refractivity contribution in [2.45, 2.75) is 44.6 Å². The monoisotopic (exact) mass is 390 g/mol. The maximum absolute atomic E-state index is 14.6. The number of esters is 1. The lowest BCUT2D eigenvalue weighted by molar-refractivity contribution is -0.152. The van der Waals surface area contributed by atoms with Crippen LogP contribution in [0.15, 0.2) is 12.1 Å². The van der Waals surface area contributed by atoms with E-state index in [0.29, 0.717) is 36.9 Å². The number of nitrogens with zero attached hydrogens (tertiary/aromatic N) is 1. The zero-order chi connectivity index (χ0) is 20.5. The Morgan fingerprint density at radius 3 is 2.75 bits per heavy atom. The smallest absolute Gasteiger partial charge is 0.308 e. The van der Waals surface area contributed by atoms with Crippen LogP contribution in [-0.4, -0.2) is 49.6 Å². The molecule has 1 N–H and O–H groups in total. The van der Waals surface area contributed by atoms with E-state index >= 15 is 0 Å². The Morgan fingerprint density at radius 2 is 2.11 bits per heavy atom. The predicted molar refractivity (Wildman–Crippen MR) is 104 cm³/mol. The summed E-state index contributed by atoms with van der Waals surface area (Å²) in [5.41, 5.74) is 2.22. The van der Waals surface area contributed by atoms with Crippen LogP contribution < -0.4 is 0 Å². The van der Waals surface area contributed by atoms with E-state index in [1.54, 1.807) is 20.2 Å². The van der Waals surface area contributed by atoms with Crippen LogP contribution in [0.1, 0.15) is 43.0 Å². The largest absolute Gasteiger partial charge is 0.469 e. The van der Waals surface area contributed by atoms with Gasteiger partial charge in [-0.15, -0.1) is 0 Å². The number of methoxy groups -OCH3 is 1. The molecule has 0 fully saturated rings. The van der Waals surface area contributed by atoms with Gasteiger partial charge in [0.15, 0.2) is 0 Å². The minimum absolute atomic E-state index is 0.0512. The van der Waals surface area contributed by atoms with Crippen LogP contribution in [0, 0.1) is 5.82 Å². The molecule has 0 bridgehead atoms. The summed E-state index contributed by atoms with van der Waals surface area (Å²) in [6.45, 7) is 2.44. The van der Waals surface area contributed by atoms with Crippen LogP contribution in [0.2, 0.25) is 0 Å². The fourth-order valence-electron chi connectivity index (χ4n) is 3.97. The summed E-state index contributed by atoms with van der Waals surface area (Å²) in [5, 5.41) is 0.926. The number of carbonyl (C=O) groups excluding carboxylic acids is 2. The quantitative estimate of drug-likeness (QED) is 0.770. The standard InChI is InChI=1S/C21H27FN2O4/c1-5-21(12-18(26)27-4)20-14(10-11-28-21)13-6-8-16(22)15(19(13)23-20)7-9-17(25)24(2)3/h6,8,23H,5,7,9-12H2,1-4H3. The van der Waals surface area contributed by atoms with Crippen LogP contribution >= 0.6 is 0 Å². The van der Waals surface area contributed by atoms with Crippen molar-refractivity contribution < 1.29 is 23.5 Å². The topological polar surface area (TPSA) is 71.6 Å². The van der Waals surface area contributed by atoms with Gasteiger partial charge in [0.05, 0.1) is 31.3 Å². The van der Waals surface area contributed by atoms with Crippen molar-refractivity contribution in [1.82, 2.24) is 9.88 Å². The molecule has 1 amide bonds. The van der Waals surface area contributed by atoms with Gasteiger partial charge in [0.1, 0.15) is 11.4 Å². The number of hydrogen-bond acceptors (Lipinski definition) is 4. The van der Waals surface area contributed by atoms with Gasteiger partial charge in [0.25, 0.3) is 0 Å². The van der Waals surface area contributed by atoms with Gasteiger partial charge in [-0.1, -0.05) is 6.92 Å². The fourth-order valence-corrected chi connectivity index (χ4v) is 3.97. The Balaban J connectivity index is 2.08. The number of hydrogen-bond donors (Lipinski definition) is 1. The van der Waals surface area contributed by atoms with Gasteiger partial charge in [0, 0.05) is 31.5 Å². The van der Waals surface area contributed by atoms with Crippen molar-refractivity contribution in [2.24, 2.45) is 0 Å². The first-order chi connectivity index (χ1) is 13.3. The number of aryl methyl sites for hydroxylation is 1. The van der Waals surface area contributed by atoms with Gasteiger partial charge in [-0.3, -0.25) is 9.59 Å². The van der Waals surface area contributed by atoms with Crippen molar-refractivity contribution >= 4 is 22.8 Å². The Labute approximate surface area is 164 Å². The molecule has 152 valence electrons. The third kappa shape index (κ3) is 3.51. The summed E-state index contributed by atoms with van der Waals surface area (Å²) in [7, 11) is 4.73. The van der Waals surface area contributed by atoms with E-state index in [0.717, 1.165) is 16.6 Å². The molecule has 1 unspecified atom stereocenters. The maximum Gasteiger partial charge on any atom is 0.308 e. The Hall–Kier alpha value is -2.41. The number of aromatic nitrogens is 1. The number of amides is 1. The highest BCUT2D eigenvalue weighted by molar-refractivity contribution is 5.89. The number of carbonyl (C=O) groups is 2. The average molecular weight is 390 g/mol. The van der Waals surface area contributed by atoms with Gasteiger partial charge < -0.3 is 19.4 Å². The minimum atomic E-state index is -0.813. The zero-order valence-corrected chi connectivity index (χ0v) is 16.9. The van der Waals surface area contributed by atoms with Crippen molar-refractivity contribution in [1.29, 1.82) is 0 Å². The van der Waals surface area contributed by atoms with E-state index in [1.165, 1.54) is 18.1 Å². The molecule has 1 aromatic carbocycles.